The van der Waals surface area contributed by atoms with Crippen molar-refractivity contribution in [1.29, 1.82) is 0 Å². The van der Waals surface area contributed by atoms with Gasteiger partial charge in [0.05, 0.1) is 18.2 Å². The van der Waals surface area contributed by atoms with Gasteiger partial charge < -0.3 is 15.4 Å². The summed E-state index contributed by atoms with van der Waals surface area (Å²) in [6.45, 7) is 3.11. The van der Waals surface area contributed by atoms with E-state index in [9.17, 15) is 0 Å². The number of ether oxygens (including phenoxy) is 1. The maximum absolute atomic E-state index is 5.89. The maximum atomic E-state index is 5.89. The molecule has 2 saturated heterocycles. The molecule has 7 heteroatoms. The van der Waals surface area contributed by atoms with E-state index in [1.54, 1.807) is 0 Å². The zero-order valence-corrected chi connectivity index (χ0v) is 18.7. The van der Waals surface area contributed by atoms with E-state index in [1.165, 1.54) is 17.7 Å². The molecule has 3 rings (SSSR count). The van der Waals surface area contributed by atoms with E-state index >= 15 is 0 Å². The molecule has 4 unspecified atom stereocenters. The highest BCUT2D eigenvalue weighted by Crippen LogP contribution is 2.34. The van der Waals surface area contributed by atoms with Crippen LogP contribution in [0.3, 0.4) is 0 Å². The molecule has 2 bridgehead atoms. The Labute approximate surface area is 174 Å². The van der Waals surface area contributed by atoms with Crippen LogP contribution in [0.2, 0.25) is 0 Å². The van der Waals surface area contributed by atoms with Crippen molar-refractivity contribution in [3.05, 3.63) is 28.7 Å². The fourth-order valence-corrected chi connectivity index (χ4v) is 4.38. The molecule has 2 aliphatic rings. The molecule has 134 valence electrons. The van der Waals surface area contributed by atoms with Crippen molar-refractivity contribution in [3.63, 3.8) is 0 Å². The molecule has 0 spiro atoms. The zero-order chi connectivity index (χ0) is 16.2. The summed E-state index contributed by atoms with van der Waals surface area (Å²) in [4.78, 5) is 5.63. The molecule has 4 nitrogen and oxygen atoms in total. The minimum atomic E-state index is 0. The molecule has 2 heterocycles. The van der Waals surface area contributed by atoms with E-state index in [4.69, 9.17) is 4.74 Å². The summed E-state index contributed by atoms with van der Waals surface area (Å²) in [6.07, 6.45) is 4.33. The van der Waals surface area contributed by atoms with Crippen LogP contribution >= 0.6 is 51.7 Å². The average molecular weight is 526 g/mol. The van der Waals surface area contributed by atoms with Crippen molar-refractivity contribution in [2.24, 2.45) is 4.99 Å². The van der Waals surface area contributed by atoms with Gasteiger partial charge in [-0.15, -0.1) is 35.7 Å². The summed E-state index contributed by atoms with van der Waals surface area (Å²) in [6, 6.07) is 8.86. The maximum Gasteiger partial charge on any atom is 0.191 e. The van der Waals surface area contributed by atoms with Gasteiger partial charge in [0.15, 0.2) is 5.96 Å². The highest BCUT2D eigenvalue weighted by Gasteiger charge is 2.41. The third kappa shape index (κ3) is 5.51. The standard InChI is InChI=1S/C17H24BrN3OS.HI/c1-11(23-14-6-3-12(18)4-7-14)10-20-17(19-2)21-15-9-13-5-8-16(15)22-13;/h3-4,6-7,11,13,15-16H,5,8-10H2,1-2H3,(H2,19,20,21);1H. The van der Waals surface area contributed by atoms with Crippen LogP contribution < -0.4 is 10.6 Å². The van der Waals surface area contributed by atoms with Crippen molar-refractivity contribution in [3.8, 4) is 0 Å². The molecule has 0 radical (unpaired) electrons. The molecule has 2 aliphatic heterocycles. The van der Waals surface area contributed by atoms with E-state index < -0.39 is 0 Å². The predicted octanol–water partition coefficient (Wildman–Crippen LogP) is 4.03. The Morgan fingerprint density at radius 2 is 2.12 bits per heavy atom. The Bertz CT molecular complexity index is 557. The number of guanidine groups is 1. The van der Waals surface area contributed by atoms with Gasteiger partial charge in [-0.3, -0.25) is 4.99 Å². The molecule has 2 N–H and O–H groups in total. The minimum Gasteiger partial charge on any atom is -0.373 e. The zero-order valence-electron chi connectivity index (χ0n) is 14.0. The van der Waals surface area contributed by atoms with Crippen LogP contribution in [0.25, 0.3) is 0 Å². The second-order valence-electron chi connectivity index (χ2n) is 6.20. The van der Waals surface area contributed by atoms with Gasteiger partial charge in [0.25, 0.3) is 0 Å². The summed E-state index contributed by atoms with van der Waals surface area (Å²) >= 11 is 5.34. The number of aliphatic imine (C=N–C) groups is 1. The lowest BCUT2D eigenvalue weighted by atomic mass is 9.96. The van der Waals surface area contributed by atoms with Crippen LogP contribution in [-0.4, -0.2) is 43.1 Å². The van der Waals surface area contributed by atoms with Crippen LogP contribution in [-0.2, 0) is 4.74 Å². The number of rotatable bonds is 5. The highest BCUT2D eigenvalue weighted by atomic mass is 127. The van der Waals surface area contributed by atoms with Gasteiger partial charge in [-0.05, 0) is 43.5 Å². The Hall–Kier alpha value is 0.01000. The molecular formula is C17H25BrIN3OS. The van der Waals surface area contributed by atoms with Gasteiger partial charge in [-0.1, -0.05) is 22.9 Å². The molecular weight excluding hydrogens is 501 g/mol. The molecule has 0 aromatic heterocycles. The number of thioether (sulfide) groups is 1. The molecule has 4 atom stereocenters. The third-order valence-corrected chi connectivity index (χ3v) is 6.00. The number of hydrogen-bond donors (Lipinski definition) is 2. The van der Waals surface area contributed by atoms with Crippen LogP contribution in [0.5, 0.6) is 0 Å². The van der Waals surface area contributed by atoms with Crippen LogP contribution in [0.15, 0.2) is 38.6 Å². The normalized spacial score (nSPS) is 26.8. The Morgan fingerprint density at radius 1 is 1.38 bits per heavy atom. The van der Waals surface area contributed by atoms with E-state index in [2.05, 4.69) is 62.7 Å². The van der Waals surface area contributed by atoms with E-state index in [0.29, 0.717) is 23.5 Å². The number of benzene rings is 1. The van der Waals surface area contributed by atoms with Crippen LogP contribution in [0, 0.1) is 0 Å². The lowest BCUT2D eigenvalue weighted by molar-refractivity contribution is 0.0992. The Morgan fingerprint density at radius 3 is 2.71 bits per heavy atom. The molecule has 2 fully saturated rings. The van der Waals surface area contributed by atoms with Gasteiger partial charge in [-0.25, -0.2) is 0 Å². The van der Waals surface area contributed by atoms with Crippen molar-refractivity contribution in [2.45, 2.75) is 54.6 Å². The topological polar surface area (TPSA) is 45.7 Å². The van der Waals surface area contributed by atoms with Gasteiger partial charge in [0, 0.05) is 28.2 Å². The number of fused-ring (bicyclic) bond motifs is 2. The largest absolute Gasteiger partial charge is 0.373 e. The number of nitrogens with zero attached hydrogens (tertiary/aromatic N) is 1. The first kappa shape index (κ1) is 20.3. The van der Waals surface area contributed by atoms with Crippen LogP contribution in [0.1, 0.15) is 26.2 Å². The molecule has 0 saturated carbocycles. The van der Waals surface area contributed by atoms with Gasteiger partial charge in [0.2, 0.25) is 0 Å². The van der Waals surface area contributed by atoms with Crippen molar-refractivity contribution in [2.75, 3.05) is 13.6 Å². The lowest BCUT2D eigenvalue weighted by Crippen LogP contribution is -2.48. The fraction of sp³-hybridized carbons (Fsp3) is 0.588. The van der Waals surface area contributed by atoms with Gasteiger partial charge in [-0.2, -0.15) is 0 Å². The number of hydrogen-bond acceptors (Lipinski definition) is 3. The first-order chi connectivity index (χ1) is 11.1. The summed E-state index contributed by atoms with van der Waals surface area (Å²) in [5.74, 6) is 0.884. The summed E-state index contributed by atoms with van der Waals surface area (Å²) in [7, 11) is 1.83. The van der Waals surface area contributed by atoms with Gasteiger partial charge in [0.1, 0.15) is 0 Å². The molecule has 0 aliphatic carbocycles. The SMILES string of the molecule is CN=C(NCC(C)Sc1ccc(Br)cc1)NC1CC2CCC1O2.I. The Balaban J connectivity index is 0.00000208. The quantitative estimate of drug-likeness (QED) is 0.264. The predicted molar refractivity (Wildman–Crippen MR) is 116 cm³/mol. The minimum absolute atomic E-state index is 0. The van der Waals surface area contributed by atoms with E-state index in [0.717, 1.165) is 23.4 Å². The fourth-order valence-electron chi connectivity index (χ4n) is 3.19. The Kier molecular flexibility index (Phi) is 8.16. The monoisotopic (exact) mass is 525 g/mol. The smallest absolute Gasteiger partial charge is 0.191 e. The lowest BCUT2D eigenvalue weighted by Gasteiger charge is -2.23. The van der Waals surface area contributed by atoms with Crippen molar-refractivity contribution >= 4 is 57.6 Å². The highest BCUT2D eigenvalue weighted by molar-refractivity contribution is 14.0. The van der Waals surface area contributed by atoms with Crippen LogP contribution in [0.4, 0.5) is 0 Å². The second kappa shape index (κ2) is 9.64. The molecule has 24 heavy (non-hydrogen) atoms. The molecule has 1 aromatic rings. The van der Waals surface area contributed by atoms with Crippen molar-refractivity contribution in [1.82, 2.24) is 10.6 Å². The third-order valence-electron chi connectivity index (χ3n) is 4.36. The second-order valence-corrected chi connectivity index (χ2v) is 8.62. The number of nitrogens with one attached hydrogen (secondary N) is 2. The number of halogens is 2. The average Bonchev–Trinajstić information content (AvgIpc) is 3.16. The molecule has 1 aromatic carbocycles. The summed E-state index contributed by atoms with van der Waals surface area (Å²) in [5, 5.41) is 7.43. The first-order valence-corrected chi connectivity index (χ1v) is 9.86. The summed E-state index contributed by atoms with van der Waals surface area (Å²) < 4.78 is 7.01. The van der Waals surface area contributed by atoms with Crippen molar-refractivity contribution < 1.29 is 4.74 Å². The van der Waals surface area contributed by atoms with Gasteiger partial charge >= 0.3 is 0 Å². The molecule has 0 amide bonds. The van der Waals surface area contributed by atoms with E-state index in [1.807, 2.05) is 18.8 Å². The van der Waals surface area contributed by atoms with E-state index in [-0.39, 0.29) is 24.0 Å². The summed E-state index contributed by atoms with van der Waals surface area (Å²) in [5.41, 5.74) is 0. The first-order valence-electron chi connectivity index (χ1n) is 8.19.